The summed E-state index contributed by atoms with van der Waals surface area (Å²) in [6.45, 7) is 7.63. The van der Waals surface area contributed by atoms with Crippen LogP contribution < -0.4 is 10.6 Å². The molecule has 0 radical (unpaired) electrons. The lowest BCUT2D eigenvalue weighted by molar-refractivity contribution is -0.128. The van der Waals surface area contributed by atoms with Crippen LogP contribution in [0, 0.1) is 5.41 Å². The Labute approximate surface area is 141 Å². The molecule has 0 aliphatic rings. The van der Waals surface area contributed by atoms with E-state index in [2.05, 4.69) is 15.6 Å². The molecule has 1 heterocycles. The monoisotopic (exact) mass is 344 g/mol. The number of carbonyl (C=O) groups excluding carboxylic acids is 1. The van der Waals surface area contributed by atoms with Gasteiger partial charge < -0.3 is 15.5 Å². The molecule has 1 aromatic heterocycles. The lowest BCUT2D eigenvalue weighted by atomic mass is 9.96. The molecule has 1 amide bonds. The first-order chi connectivity index (χ1) is 10.2. The fraction of sp³-hybridized carbons (Fsp3) is 0.600. The van der Waals surface area contributed by atoms with Gasteiger partial charge >= 0.3 is 0 Å². The van der Waals surface area contributed by atoms with Gasteiger partial charge in [0.2, 0.25) is 5.91 Å². The highest BCUT2D eigenvalue weighted by molar-refractivity contribution is 7.16. The van der Waals surface area contributed by atoms with Crippen molar-refractivity contribution in [1.29, 1.82) is 0 Å². The molecular weight excluding hydrogens is 320 g/mol. The third-order valence-electron chi connectivity index (χ3n) is 2.97. The quantitative estimate of drug-likeness (QED) is 0.490. The number of guanidine groups is 1. The summed E-state index contributed by atoms with van der Waals surface area (Å²) in [7, 11) is 3.71. The Morgan fingerprint density at radius 1 is 1.32 bits per heavy atom. The lowest BCUT2D eigenvalue weighted by Crippen LogP contribution is -2.43. The number of nitrogens with zero attached hydrogens (tertiary/aromatic N) is 2. The molecule has 0 aliphatic heterocycles. The minimum atomic E-state index is -0.364. The maximum absolute atomic E-state index is 11.8. The van der Waals surface area contributed by atoms with Gasteiger partial charge in [0.1, 0.15) is 0 Å². The van der Waals surface area contributed by atoms with Crippen molar-refractivity contribution in [2.75, 3.05) is 27.2 Å². The van der Waals surface area contributed by atoms with E-state index in [9.17, 15) is 4.79 Å². The molecule has 22 heavy (non-hydrogen) atoms. The standard InChI is InChI=1S/C15H25ClN4OS/c1-15(2,3)13(21)18-8-9-19-14(17-4)20(5)10-11-6-7-12(16)22-11/h6-7H,8-10H2,1-5H3,(H,17,19)(H,18,21). The molecule has 0 aromatic carbocycles. The van der Waals surface area contributed by atoms with Crippen LogP contribution in [0.15, 0.2) is 17.1 Å². The number of carbonyl (C=O) groups is 1. The van der Waals surface area contributed by atoms with Crippen LogP contribution in [0.25, 0.3) is 0 Å². The van der Waals surface area contributed by atoms with Crippen molar-refractivity contribution < 1.29 is 4.79 Å². The number of hydrogen-bond donors (Lipinski definition) is 2. The first-order valence-corrected chi connectivity index (χ1v) is 8.38. The molecule has 2 N–H and O–H groups in total. The molecular formula is C15H25ClN4OS. The summed E-state index contributed by atoms with van der Waals surface area (Å²) in [5.74, 6) is 0.834. The minimum Gasteiger partial charge on any atom is -0.354 e. The Bertz CT molecular complexity index is 522. The fourth-order valence-electron chi connectivity index (χ4n) is 1.75. The van der Waals surface area contributed by atoms with Gasteiger partial charge in [-0.05, 0) is 12.1 Å². The zero-order chi connectivity index (χ0) is 16.8. The highest BCUT2D eigenvalue weighted by atomic mass is 35.5. The molecule has 0 bridgehead atoms. The second-order valence-corrected chi connectivity index (χ2v) is 7.84. The molecule has 1 aromatic rings. The van der Waals surface area contributed by atoms with Gasteiger partial charge in [-0.2, -0.15) is 0 Å². The summed E-state index contributed by atoms with van der Waals surface area (Å²) in [5, 5.41) is 6.14. The van der Waals surface area contributed by atoms with Crippen LogP contribution in [-0.2, 0) is 11.3 Å². The average Bonchev–Trinajstić information content (AvgIpc) is 2.82. The average molecular weight is 345 g/mol. The number of hydrogen-bond acceptors (Lipinski definition) is 3. The van der Waals surface area contributed by atoms with Crippen molar-refractivity contribution in [3.8, 4) is 0 Å². The van der Waals surface area contributed by atoms with Crippen LogP contribution in [0.3, 0.4) is 0 Å². The van der Waals surface area contributed by atoms with Crippen molar-refractivity contribution >= 4 is 34.8 Å². The molecule has 0 unspecified atom stereocenters. The SMILES string of the molecule is CN=C(NCCNC(=O)C(C)(C)C)N(C)Cc1ccc(Cl)s1. The molecule has 0 saturated carbocycles. The Balaban J connectivity index is 2.37. The van der Waals surface area contributed by atoms with Crippen LogP contribution in [0.4, 0.5) is 0 Å². The van der Waals surface area contributed by atoms with E-state index in [4.69, 9.17) is 11.6 Å². The Hall–Kier alpha value is -1.27. The lowest BCUT2D eigenvalue weighted by Gasteiger charge is -2.22. The fourth-order valence-corrected chi connectivity index (χ4v) is 2.89. The zero-order valence-electron chi connectivity index (χ0n) is 13.9. The number of thiophene rings is 1. The van der Waals surface area contributed by atoms with Crippen molar-refractivity contribution in [3.63, 3.8) is 0 Å². The smallest absolute Gasteiger partial charge is 0.225 e. The van der Waals surface area contributed by atoms with Crippen molar-refractivity contribution in [2.24, 2.45) is 10.4 Å². The summed E-state index contributed by atoms with van der Waals surface area (Å²) in [6, 6.07) is 3.91. The Morgan fingerprint density at radius 3 is 2.45 bits per heavy atom. The molecule has 0 aliphatic carbocycles. The van der Waals surface area contributed by atoms with E-state index in [1.165, 1.54) is 4.88 Å². The largest absolute Gasteiger partial charge is 0.354 e. The highest BCUT2D eigenvalue weighted by Gasteiger charge is 2.20. The molecule has 0 fully saturated rings. The third-order valence-corrected chi connectivity index (χ3v) is 4.19. The Morgan fingerprint density at radius 2 is 1.95 bits per heavy atom. The van der Waals surface area contributed by atoms with Crippen LogP contribution in [0.2, 0.25) is 4.34 Å². The molecule has 5 nitrogen and oxygen atoms in total. The first kappa shape index (κ1) is 18.8. The number of amides is 1. The van der Waals surface area contributed by atoms with Gasteiger partial charge in [0.05, 0.1) is 10.9 Å². The number of aliphatic imine (C=N–C) groups is 1. The summed E-state index contributed by atoms with van der Waals surface area (Å²) in [4.78, 5) is 19.2. The van der Waals surface area contributed by atoms with E-state index in [0.29, 0.717) is 13.1 Å². The molecule has 1 rings (SSSR count). The van der Waals surface area contributed by atoms with Crippen LogP contribution in [0.5, 0.6) is 0 Å². The molecule has 124 valence electrons. The summed E-state index contributed by atoms with van der Waals surface area (Å²) in [6.07, 6.45) is 0. The van der Waals surface area contributed by atoms with E-state index in [-0.39, 0.29) is 11.3 Å². The normalized spacial score (nSPS) is 12.2. The second kappa shape index (κ2) is 8.39. The number of nitrogens with one attached hydrogen (secondary N) is 2. The Kier molecular flexibility index (Phi) is 7.16. The summed E-state index contributed by atoms with van der Waals surface area (Å²) < 4.78 is 0.788. The maximum Gasteiger partial charge on any atom is 0.225 e. The van der Waals surface area contributed by atoms with Crippen LogP contribution in [0.1, 0.15) is 25.6 Å². The van der Waals surface area contributed by atoms with Crippen molar-refractivity contribution in [3.05, 3.63) is 21.3 Å². The molecule has 0 saturated heterocycles. The molecule has 0 spiro atoms. The van der Waals surface area contributed by atoms with Crippen LogP contribution >= 0.6 is 22.9 Å². The topological polar surface area (TPSA) is 56.7 Å². The minimum absolute atomic E-state index is 0.0471. The zero-order valence-corrected chi connectivity index (χ0v) is 15.4. The number of halogens is 1. The van der Waals surface area contributed by atoms with Gasteiger partial charge in [-0.15, -0.1) is 11.3 Å². The van der Waals surface area contributed by atoms with Gasteiger partial charge in [0.25, 0.3) is 0 Å². The van der Waals surface area contributed by atoms with Gasteiger partial charge in [-0.25, -0.2) is 0 Å². The van der Waals surface area contributed by atoms with E-state index in [1.54, 1.807) is 18.4 Å². The van der Waals surface area contributed by atoms with Gasteiger partial charge in [0.15, 0.2) is 5.96 Å². The second-order valence-electron chi connectivity index (χ2n) is 6.04. The van der Waals surface area contributed by atoms with Crippen molar-refractivity contribution in [2.45, 2.75) is 27.3 Å². The van der Waals surface area contributed by atoms with Crippen LogP contribution in [-0.4, -0.2) is 44.0 Å². The van der Waals surface area contributed by atoms with E-state index in [0.717, 1.165) is 16.8 Å². The van der Waals surface area contributed by atoms with E-state index >= 15 is 0 Å². The predicted molar refractivity (Wildman–Crippen MR) is 94.6 cm³/mol. The third kappa shape index (κ3) is 6.23. The molecule has 7 heteroatoms. The van der Waals surface area contributed by atoms with Gasteiger partial charge in [-0.1, -0.05) is 32.4 Å². The van der Waals surface area contributed by atoms with Gasteiger partial charge in [0, 0.05) is 37.5 Å². The number of rotatable bonds is 5. The van der Waals surface area contributed by atoms with Crippen molar-refractivity contribution in [1.82, 2.24) is 15.5 Å². The summed E-state index contributed by atoms with van der Waals surface area (Å²) >= 11 is 7.50. The highest BCUT2D eigenvalue weighted by Crippen LogP contribution is 2.22. The summed E-state index contributed by atoms with van der Waals surface area (Å²) in [5.41, 5.74) is -0.364. The van der Waals surface area contributed by atoms with E-state index in [1.807, 2.05) is 44.9 Å². The first-order valence-electron chi connectivity index (χ1n) is 7.18. The maximum atomic E-state index is 11.8. The predicted octanol–water partition coefficient (Wildman–Crippen LogP) is 2.57. The molecule has 0 atom stereocenters. The van der Waals surface area contributed by atoms with Gasteiger partial charge in [-0.3, -0.25) is 9.79 Å². The van der Waals surface area contributed by atoms with E-state index < -0.39 is 0 Å².